The van der Waals surface area contributed by atoms with Crippen LogP contribution in [0.5, 0.6) is 5.75 Å². The van der Waals surface area contributed by atoms with E-state index < -0.39 is 5.60 Å². The van der Waals surface area contributed by atoms with Crippen molar-refractivity contribution in [1.82, 2.24) is 0 Å². The van der Waals surface area contributed by atoms with E-state index in [-0.39, 0.29) is 0 Å². The zero-order chi connectivity index (χ0) is 14.6. The molecule has 0 heterocycles. The summed E-state index contributed by atoms with van der Waals surface area (Å²) in [7, 11) is 1.58. The predicted octanol–water partition coefficient (Wildman–Crippen LogP) is 4.19. The summed E-state index contributed by atoms with van der Waals surface area (Å²) in [5.74, 6) is 0.587. The Morgan fingerprint density at radius 3 is 2.45 bits per heavy atom. The summed E-state index contributed by atoms with van der Waals surface area (Å²) in [4.78, 5) is 0. The van der Waals surface area contributed by atoms with Gasteiger partial charge in [-0.25, -0.2) is 0 Å². The van der Waals surface area contributed by atoms with Crippen LogP contribution in [0, 0.1) is 0 Å². The van der Waals surface area contributed by atoms with Gasteiger partial charge in [-0.05, 0) is 29.7 Å². The van der Waals surface area contributed by atoms with Gasteiger partial charge in [-0.2, -0.15) is 0 Å². The molecule has 0 aromatic heterocycles. The normalized spacial score (nSPS) is 13.8. The molecule has 3 heteroatoms. The molecule has 1 N–H and O–H groups in total. The third kappa shape index (κ3) is 3.14. The lowest BCUT2D eigenvalue weighted by molar-refractivity contribution is 0.0325. The zero-order valence-corrected chi connectivity index (χ0v) is 12.5. The molecule has 0 radical (unpaired) electrons. The summed E-state index contributed by atoms with van der Waals surface area (Å²) >= 11 is 6.04. The largest absolute Gasteiger partial charge is 0.495 e. The van der Waals surface area contributed by atoms with E-state index in [1.54, 1.807) is 13.2 Å². The van der Waals surface area contributed by atoms with Gasteiger partial charge in [0.15, 0.2) is 0 Å². The molecule has 0 saturated carbocycles. The van der Waals surface area contributed by atoms with Crippen LogP contribution in [-0.4, -0.2) is 12.2 Å². The van der Waals surface area contributed by atoms with Gasteiger partial charge in [0.05, 0.1) is 17.7 Å². The van der Waals surface area contributed by atoms with Crippen LogP contribution in [0.4, 0.5) is 0 Å². The SMILES string of the molecule is CCC(O)(Cc1ccccc1)c1ccc(Cl)c(OC)c1. The molecule has 0 fully saturated rings. The number of hydrogen-bond donors (Lipinski definition) is 1. The number of benzene rings is 2. The van der Waals surface area contributed by atoms with E-state index in [1.165, 1.54) is 0 Å². The fraction of sp³-hybridized carbons (Fsp3) is 0.294. The van der Waals surface area contributed by atoms with E-state index in [9.17, 15) is 5.11 Å². The lowest BCUT2D eigenvalue weighted by atomic mass is 9.85. The fourth-order valence-corrected chi connectivity index (χ4v) is 2.51. The van der Waals surface area contributed by atoms with E-state index >= 15 is 0 Å². The molecule has 2 nitrogen and oxygen atoms in total. The lowest BCUT2D eigenvalue weighted by Crippen LogP contribution is -2.27. The number of methoxy groups -OCH3 is 1. The van der Waals surface area contributed by atoms with Crippen LogP contribution in [0.15, 0.2) is 48.5 Å². The minimum absolute atomic E-state index is 0.550. The molecule has 1 unspecified atom stereocenters. The maximum absolute atomic E-state index is 11.0. The standard InChI is InChI=1S/C17H19ClO2/c1-3-17(19,12-13-7-5-4-6-8-13)14-9-10-15(18)16(11-14)20-2/h4-11,19H,3,12H2,1-2H3. The van der Waals surface area contributed by atoms with Crippen LogP contribution in [-0.2, 0) is 12.0 Å². The van der Waals surface area contributed by atoms with Gasteiger partial charge in [0, 0.05) is 6.42 Å². The average Bonchev–Trinajstić information content (AvgIpc) is 2.48. The minimum Gasteiger partial charge on any atom is -0.495 e. The lowest BCUT2D eigenvalue weighted by Gasteiger charge is -2.28. The number of hydrogen-bond acceptors (Lipinski definition) is 2. The maximum atomic E-state index is 11.0. The van der Waals surface area contributed by atoms with Crippen molar-refractivity contribution in [2.45, 2.75) is 25.4 Å². The summed E-state index contributed by atoms with van der Waals surface area (Å²) < 4.78 is 5.23. The monoisotopic (exact) mass is 290 g/mol. The molecule has 1 atom stereocenters. The first-order chi connectivity index (χ1) is 9.59. The smallest absolute Gasteiger partial charge is 0.137 e. The summed E-state index contributed by atoms with van der Waals surface area (Å²) in [5, 5.41) is 11.5. The Labute approximate surface area is 125 Å². The van der Waals surface area contributed by atoms with Crippen molar-refractivity contribution in [3.05, 3.63) is 64.7 Å². The quantitative estimate of drug-likeness (QED) is 0.895. The Hall–Kier alpha value is -1.51. The van der Waals surface area contributed by atoms with E-state index in [0.717, 1.165) is 11.1 Å². The zero-order valence-electron chi connectivity index (χ0n) is 11.8. The predicted molar refractivity (Wildman–Crippen MR) is 82.3 cm³/mol. The second-order valence-corrected chi connectivity index (χ2v) is 5.30. The van der Waals surface area contributed by atoms with Gasteiger partial charge in [0.25, 0.3) is 0 Å². The van der Waals surface area contributed by atoms with Gasteiger partial charge >= 0.3 is 0 Å². The summed E-state index contributed by atoms with van der Waals surface area (Å²) in [6.07, 6.45) is 1.18. The van der Waals surface area contributed by atoms with Crippen molar-refractivity contribution >= 4 is 11.6 Å². The molecule has 106 valence electrons. The van der Waals surface area contributed by atoms with Crippen molar-refractivity contribution in [2.75, 3.05) is 7.11 Å². The van der Waals surface area contributed by atoms with Gasteiger partial charge in [0.1, 0.15) is 5.75 Å². The Kier molecular flexibility index (Phi) is 4.69. The molecule has 0 saturated heterocycles. The third-order valence-electron chi connectivity index (χ3n) is 3.61. The molecular weight excluding hydrogens is 272 g/mol. The summed E-state index contributed by atoms with van der Waals surface area (Å²) in [5.41, 5.74) is 1.01. The second kappa shape index (κ2) is 6.29. The average molecular weight is 291 g/mol. The molecule has 0 spiro atoms. The summed E-state index contributed by atoms with van der Waals surface area (Å²) in [6.45, 7) is 1.98. The molecular formula is C17H19ClO2. The highest BCUT2D eigenvalue weighted by molar-refractivity contribution is 6.32. The van der Waals surface area contributed by atoms with Crippen LogP contribution < -0.4 is 4.74 Å². The highest BCUT2D eigenvalue weighted by Crippen LogP contribution is 2.34. The number of ether oxygens (including phenoxy) is 1. The first-order valence-electron chi connectivity index (χ1n) is 6.69. The molecule has 2 aromatic rings. The Morgan fingerprint density at radius 2 is 1.85 bits per heavy atom. The number of aliphatic hydroxyl groups is 1. The summed E-state index contributed by atoms with van der Waals surface area (Å²) in [6, 6.07) is 15.4. The number of halogens is 1. The van der Waals surface area contributed by atoms with E-state index in [0.29, 0.717) is 23.6 Å². The van der Waals surface area contributed by atoms with Crippen LogP contribution in [0.2, 0.25) is 5.02 Å². The van der Waals surface area contributed by atoms with Gasteiger partial charge in [-0.1, -0.05) is 54.9 Å². The Morgan fingerprint density at radius 1 is 1.15 bits per heavy atom. The molecule has 0 amide bonds. The third-order valence-corrected chi connectivity index (χ3v) is 3.92. The van der Waals surface area contributed by atoms with Crippen molar-refractivity contribution in [3.63, 3.8) is 0 Å². The van der Waals surface area contributed by atoms with Crippen LogP contribution in [0.25, 0.3) is 0 Å². The second-order valence-electron chi connectivity index (χ2n) is 4.90. The van der Waals surface area contributed by atoms with Crippen LogP contribution in [0.1, 0.15) is 24.5 Å². The molecule has 0 aliphatic carbocycles. The molecule has 0 bridgehead atoms. The van der Waals surface area contributed by atoms with E-state index in [2.05, 4.69) is 0 Å². The maximum Gasteiger partial charge on any atom is 0.137 e. The van der Waals surface area contributed by atoms with Gasteiger partial charge in [0.2, 0.25) is 0 Å². The number of rotatable bonds is 5. The first kappa shape index (κ1) is 14.9. The van der Waals surface area contributed by atoms with Crippen molar-refractivity contribution in [2.24, 2.45) is 0 Å². The Balaban J connectivity index is 2.35. The highest BCUT2D eigenvalue weighted by atomic mass is 35.5. The van der Waals surface area contributed by atoms with Gasteiger partial charge in [-0.3, -0.25) is 0 Å². The molecule has 0 aliphatic heterocycles. The molecule has 2 rings (SSSR count). The topological polar surface area (TPSA) is 29.5 Å². The molecule has 0 aliphatic rings. The van der Waals surface area contributed by atoms with Crippen molar-refractivity contribution in [3.8, 4) is 5.75 Å². The van der Waals surface area contributed by atoms with Crippen molar-refractivity contribution in [1.29, 1.82) is 0 Å². The van der Waals surface area contributed by atoms with Crippen LogP contribution >= 0.6 is 11.6 Å². The first-order valence-corrected chi connectivity index (χ1v) is 7.07. The Bertz CT molecular complexity index is 568. The van der Waals surface area contributed by atoms with E-state index in [1.807, 2.05) is 49.4 Å². The fourth-order valence-electron chi connectivity index (χ4n) is 2.31. The van der Waals surface area contributed by atoms with Crippen molar-refractivity contribution < 1.29 is 9.84 Å². The van der Waals surface area contributed by atoms with Gasteiger partial charge < -0.3 is 9.84 Å². The minimum atomic E-state index is -0.917. The van der Waals surface area contributed by atoms with Crippen LogP contribution in [0.3, 0.4) is 0 Å². The highest BCUT2D eigenvalue weighted by Gasteiger charge is 2.28. The van der Waals surface area contributed by atoms with E-state index in [4.69, 9.17) is 16.3 Å². The molecule has 2 aromatic carbocycles. The molecule has 20 heavy (non-hydrogen) atoms. The van der Waals surface area contributed by atoms with Gasteiger partial charge in [-0.15, -0.1) is 0 Å².